The molecule has 0 radical (unpaired) electrons. The van der Waals surface area contributed by atoms with Crippen molar-refractivity contribution >= 4 is 39.3 Å². The van der Waals surface area contributed by atoms with Gasteiger partial charge in [-0.3, -0.25) is 9.10 Å². The Bertz CT molecular complexity index is 763. The summed E-state index contributed by atoms with van der Waals surface area (Å²) >= 11 is 6.09. The van der Waals surface area contributed by atoms with E-state index in [9.17, 15) is 18.0 Å². The van der Waals surface area contributed by atoms with Crippen molar-refractivity contribution in [2.45, 2.75) is 6.92 Å². The van der Waals surface area contributed by atoms with Crippen LogP contribution in [0.15, 0.2) is 24.3 Å². The molecule has 1 fully saturated rings. The molecule has 0 bridgehead atoms. The number of ether oxygens (including phenoxy) is 1. The molecule has 1 aliphatic heterocycles. The van der Waals surface area contributed by atoms with Gasteiger partial charge in [0.25, 0.3) is 0 Å². The third-order valence-electron chi connectivity index (χ3n) is 3.96. The van der Waals surface area contributed by atoms with Crippen LogP contribution in [0.1, 0.15) is 6.92 Å². The van der Waals surface area contributed by atoms with Crippen molar-refractivity contribution in [3.63, 3.8) is 0 Å². The van der Waals surface area contributed by atoms with E-state index in [4.69, 9.17) is 16.3 Å². The lowest BCUT2D eigenvalue weighted by Gasteiger charge is -2.35. The first-order valence-corrected chi connectivity index (χ1v) is 10.4. The molecule has 0 spiro atoms. The minimum atomic E-state index is -3.69. The van der Waals surface area contributed by atoms with Gasteiger partial charge in [-0.25, -0.2) is 13.2 Å². The Balaban J connectivity index is 2.05. The van der Waals surface area contributed by atoms with Gasteiger partial charge >= 0.3 is 6.09 Å². The number of halogens is 1. The van der Waals surface area contributed by atoms with E-state index in [1.54, 1.807) is 31.2 Å². The van der Waals surface area contributed by atoms with Crippen LogP contribution in [-0.4, -0.2) is 75.8 Å². The van der Waals surface area contributed by atoms with Gasteiger partial charge in [0.15, 0.2) is 0 Å². The van der Waals surface area contributed by atoms with Crippen molar-refractivity contribution in [3.8, 4) is 0 Å². The van der Waals surface area contributed by atoms with Gasteiger partial charge in [0.2, 0.25) is 15.9 Å². The van der Waals surface area contributed by atoms with Crippen molar-refractivity contribution < 1.29 is 22.7 Å². The van der Waals surface area contributed by atoms with Crippen LogP contribution in [0, 0.1) is 0 Å². The van der Waals surface area contributed by atoms with Gasteiger partial charge in [0.1, 0.15) is 6.54 Å². The summed E-state index contributed by atoms with van der Waals surface area (Å²) in [6.45, 7) is 2.99. The first kappa shape index (κ1) is 20.3. The lowest BCUT2D eigenvalue weighted by atomic mass is 10.3. The van der Waals surface area contributed by atoms with E-state index in [2.05, 4.69) is 0 Å². The third-order valence-corrected chi connectivity index (χ3v) is 5.40. The minimum absolute atomic E-state index is 0.248. The van der Waals surface area contributed by atoms with Crippen LogP contribution in [0.4, 0.5) is 10.5 Å². The van der Waals surface area contributed by atoms with Crippen molar-refractivity contribution in [1.82, 2.24) is 9.80 Å². The standard InChI is InChI=1S/C16H22ClN3O5S/c1-3-25-16(22)19-10-8-18(9-11-19)15(21)12-20(26(2,23)24)14-7-5-4-6-13(14)17/h4-7H,3,8-12H2,1-2H3. The molecule has 1 saturated heterocycles. The first-order valence-electron chi connectivity index (χ1n) is 8.15. The largest absolute Gasteiger partial charge is 0.450 e. The molecule has 1 aromatic carbocycles. The van der Waals surface area contributed by atoms with Gasteiger partial charge < -0.3 is 14.5 Å². The van der Waals surface area contributed by atoms with Crippen LogP contribution in [0.25, 0.3) is 0 Å². The number of rotatable bonds is 5. The van der Waals surface area contributed by atoms with E-state index in [-0.39, 0.29) is 23.2 Å². The Morgan fingerprint density at radius 1 is 1.15 bits per heavy atom. The molecule has 0 saturated carbocycles. The maximum absolute atomic E-state index is 12.6. The highest BCUT2D eigenvalue weighted by Gasteiger charge is 2.29. The Morgan fingerprint density at radius 3 is 2.27 bits per heavy atom. The molecule has 0 aliphatic carbocycles. The van der Waals surface area contributed by atoms with Gasteiger partial charge in [-0.2, -0.15) is 0 Å². The molecule has 144 valence electrons. The zero-order chi connectivity index (χ0) is 19.3. The highest BCUT2D eigenvalue weighted by atomic mass is 35.5. The molecule has 0 atom stereocenters. The number of hydrogen-bond acceptors (Lipinski definition) is 5. The van der Waals surface area contributed by atoms with E-state index in [1.165, 1.54) is 9.80 Å². The van der Waals surface area contributed by atoms with Gasteiger partial charge in [0, 0.05) is 26.2 Å². The van der Waals surface area contributed by atoms with E-state index < -0.39 is 16.1 Å². The van der Waals surface area contributed by atoms with Crippen molar-refractivity contribution in [2.24, 2.45) is 0 Å². The second kappa shape index (κ2) is 8.59. The lowest BCUT2D eigenvalue weighted by molar-refractivity contribution is -0.131. The molecule has 0 aromatic heterocycles. The molecule has 2 amide bonds. The Labute approximate surface area is 158 Å². The number of hydrogen-bond donors (Lipinski definition) is 0. The normalized spacial score (nSPS) is 14.9. The number of sulfonamides is 1. The Hall–Kier alpha value is -2.00. The summed E-state index contributed by atoms with van der Waals surface area (Å²) in [7, 11) is -3.69. The summed E-state index contributed by atoms with van der Waals surface area (Å²) in [5, 5.41) is 0.248. The molecule has 26 heavy (non-hydrogen) atoms. The van der Waals surface area contributed by atoms with Crippen LogP contribution < -0.4 is 4.31 Å². The SMILES string of the molecule is CCOC(=O)N1CCN(C(=O)CN(c2ccccc2Cl)S(C)(=O)=O)CC1. The van der Waals surface area contributed by atoms with Gasteiger partial charge in [-0.05, 0) is 19.1 Å². The molecular formula is C16H22ClN3O5S. The first-order chi connectivity index (χ1) is 12.2. The number of carbonyl (C=O) groups is 2. The molecule has 10 heteroatoms. The summed E-state index contributed by atoms with van der Waals surface area (Å²) < 4.78 is 30.2. The maximum Gasteiger partial charge on any atom is 0.409 e. The predicted octanol–water partition coefficient (Wildman–Crippen LogP) is 1.41. The van der Waals surface area contributed by atoms with Crippen LogP contribution in [0.2, 0.25) is 5.02 Å². The smallest absolute Gasteiger partial charge is 0.409 e. The predicted molar refractivity (Wildman–Crippen MR) is 98.8 cm³/mol. The lowest BCUT2D eigenvalue weighted by Crippen LogP contribution is -2.53. The van der Waals surface area contributed by atoms with Gasteiger partial charge in [0.05, 0.1) is 23.6 Å². The molecule has 1 aromatic rings. The van der Waals surface area contributed by atoms with Gasteiger partial charge in [-0.1, -0.05) is 23.7 Å². The number of piperazine rings is 1. The average Bonchev–Trinajstić information content (AvgIpc) is 2.59. The summed E-state index contributed by atoms with van der Waals surface area (Å²) in [5.41, 5.74) is 0.259. The van der Waals surface area contributed by atoms with E-state index in [0.29, 0.717) is 32.8 Å². The second-order valence-electron chi connectivity index (χ2n) is 5.79. The van der Waals surface area contributed by atoms with Crippen molar-refractivity contribution in [2.75, 3.05) is 49.9 Å². The van der Waals surface area contributed by atoms with Crippen LogP contribution in [0.3, 0.4) is 0 Å². The summed E-state index contributed by atoms with van der Waals surface area (Å²) in [6, 6.07) is 6.46. The molecule has 8 nitrogen and oxygen atoms in total. The van der Waals surface area contributed by atoms with Gasteiger partial charge in [-0.15, -0.1) is 0 Å². The molecule has 2 rings (SSSR count). The van der Waals surface area contributed by atoms with E-state index >= 15 is 0 Å². The van der Waals surface area contributed by atoms with Crippen LogP contribution in [0.5, 0.6) is 0 Å². The van der Waals surface area contributed by atoms with Crippen molar-refractivity contribution in [3.05, 3.63) is 29.3 Å². The zero-order valence-corrected chi connectivity index (χ0v) is 16.3. The number of amides is 2. The fraction of sp³-hybridized carbons (Fsp3) is 0.500. The molecule has 1 aliphatic rings. The van der Waals surface area contributed by atoms with Crippen molar-refractivity contribution in [1.29, 1.82) is 0 Å². The van der Waals surface area contributed by atoms with E-state index in [0.717, 1.165) is 10.6 Å². The topological polar surface area (TPSA) is 87.2 Å². The molecule has 0 unspecified atom stereocenters. The highest BCUT2D eigenvalue weighted by molar-refractivity contribution is 7.92. The number of benzene rings is 1. The zero-order valence-electron chi connectivity index (χ0n) is 14.7. The quantitative estimate of drug-likeness (QED) is 0.741. The number of anilines is 1. The highest BCUT2D eigenvalue weighted by Crippen LogP contribution is 2.27. The van der Waals surface area contributed by atoms with Crippen LogP contribution in [-0.2, 0) is 19.6 Å². The molecule has 1 heterocycles. The number of carbonyl (C=O) groups excluding carboxylic acids is 2. The Kier molecular flexibility index (Phi) is 6.71. The fourth-order valence-electron chi connectivity index (χ4n) is 2.61. The molecular weight excluding hydrogens is 382 g/mol. The second-order valence-corrected chi connectivity index (χ2v) is 8.10. The average molecular weight is 404 g/mol. The third kappa shape index (κ3) is 5.01. The summed E-state index contributed by atoms with van der Waals surface area (Å²) in [4.78, 5) is 27.3. The fourth-order valence-corrected chi connectivity index (χ4v) is 3.76. The summed E-state index contributed by atoms with van der Waals surface area (Å²) in [6.07, 6.45) is 0.621. The number of nitrogens with zero attached hydrogens (tertiary/aromatic N) is 3. The van der Waals surface area contributed by atoms with Crippen LogP contribution >= 0.6 is 11.6 Å². The monoisotopic (exact) mass is 403 g/mol. The van der Waals surface area contributed by atoms with E-state index in [1.807, 2.05) is 0 Å². The minimum Gasteiger partial charge on any atom is -0.450 e. The summed E-state index contributed by atoms with van der Waals surface area (Å²) in [5.74, 6) is -0.348. The maximum atomic E-state index is 12.6. The molecule has 0 N–H and O–H groups in total. The Morgan fingerprint density at radius 2 is 1.73 bits per heavy atom. The number of para-hydroxylation sites is 1.